The molecule has 43 heavy (non-hydrogen) atoms. The van der Waals surface area contributed by atoms with E-state index in [1.54, 1.807) is 35.9 Å². The van der Waals surface area contributed by atoms with E-state index in [1.807, 2.05) is 15.6 Å². The van der Waals surface area contributed by atoms with Crippen LogP contribution in [-0.2, 0) is 9.59 Å². The average molecular weight is 633 g/mol. The van der Waals surface area contributed by atoms with Crippen LogP contribution >= 0.6 is 11.3 Å². The zero-order valence-electron chi connectivity index (χ0n) is 22.0. The predicted octanol–water partition coefficient (Wildman–Crippen LogP) is 4.25. The number of fused-ring (bicyclic) bond motifs is 1. The lowest BCUT2D eigenvalue weighted by Crippen LogP contribution is -2.49. The second-order valence-corrected chi connectivity index (χ2v) is 9.60. The lowest BCUT2D eigenvalue weighted by atomic mass is 10.1. The topological polar surface area (TPSA) is 141 Å². The van der Waals surface area contributed by atoms with Crippen LogP contribution in [0.4, 0.5) is 26.3 Å². The van der Waals surface area contributed by atoms with E-state index in [9.17, 15) is 31.1 Å². The SMILES string of the molecule is CN1CCN(C(=O)c2ccncc2)CC1c1nnn2cc(-c3ccsc3)ccc12.O=C(O)C(F)(F)F.O=C(O)C(F)(F)F. The molecule has 0 saturated carbocycles. The van der Waals surface area contributed by atoms with Crippen molar-refractivity contribution in [3.8, 4) is 11.1 Å². The smallest absolute Gasteiger partial charge is 0.475 e. The van der Waals surface area contributed by atoms with E-state index in [2.05, 4.69) is 56.2 Å². The van der Waals surface area contributed by atoms with Crippen LogP contribution in [0.1, 0.15) is 22.1 Å². The Morgan fingerprint density at radius 2 is 1.51 bits per heavy atom. The minimum Gasteiger partial charge on any atom is -0.475 e. The number of aromatic nitrogens is 4. The molecular weight excluding hydrogens is 610 g/mol. The lowest BCUT2D eigenvalue weighted by Gasteiger charge is -2.38. The number of alkyl halides is 6. The highest BCUT2D eigenvalue weighted by Gasteiger charge is 2.39. The summed E-state index contributed by atoms with van der Waals surface area (Å²) in [6.45, 7) is 2.06. The van der Waals surface area contributed by atoms with E-state index in [0.29, 0.717) is 18.7 Å². The summed E-state index contributed by atoms with van der Waals surface area (Å²) in [6.07, 6.45) is -4.85. The highest BCUT2D eigenvalue weighted by Crippen LogP contribution is 2.29. The molecule has 230 valence electrons. The monoisotopic (exact) mass is 632 g/mol. The van der Waals surface area contributed by atoms with Crippen LogP contribution in [0.3, 0.4) is 0 Å². The summed E-state index contributed by atoms with van der Waals surface area (Å²) in [7, 11) is 2.07. The van der Waals surface area contributed by atoms with Crippen LogP contribution in [0.25, 0.3) is 16.6 Å². The van der Waals surface area contributed by atoms with Crippen molar-refractivity contribution in [2.75, 3.05) is 26.7 Å². The molecule has 5 heterocycles. The molecule has 1 unspecified atom stereocenters. The summed E-state index contributed by atoms with van der Waals surface area (Å²) in [5.41, 5.74) is 4.83. The molecule has 5 rings (SSSR count). The number of piperazine rings is 1. The van der Waals surface area contributed by atoms with Crippen molar-refractivity contribution in [3.63, 3.8) is 0 Å². The Labute approximate surface area is 242 Å². The number of nitrogens with zero attached hydrogens (tertiary/aromatic N) is 6. The molecule has 18 heteroatoms. The van der Waals surface area contributed by atoms with Gasteiger partial charge in [0.25, 0.3) is 5.91 Å². The van der Waals surface area contributed by atoms with Gasteiger partial charge in [-0.1, -0.05) is 11.3 Å². The molecule has 11 nitrogen and oxygen atoms in total. The summed E-state index contributed by atoms with van der Waals surface area (Å²) in [5.74, 6) is -5.48. The summed E-state index contributed by atoms with van der Waals surface area (Å²) in [4.78, 5) is 38.8. The number of carboxylic acid groups (broad SMARTS) is 2. The molecule has 1 atom stereocenters. The molecular formula is C25H22F6N6O5S. The maximum absolute atomic E-state index is 12.9. The number of aliphatic carboxylic acids is 2. The molecule has 0 bridgehead atoms. The largest absolute Gasteiger partial charge is 0.490 e. The number of likely N-dealkylation sites (N-methyl/N-ethyl adjacent to an activating group) is 1. The van der Waals surface area contributed by atoms with Crippen LogP contribution in [0, 0.1) is 0 Å². The molecule has 4 aromatic heterocycles. The maximum atomic E-state index is 12.9. The highest BCUT2D eigenvalue weighted by molar-refractivity contribution is 7.08. The van der Waals surface area contributed by atoms with E-state index in [1.165, 1.54) is 5.56 Å². The number of halogens is 6. The average Bonchev–Trinajstić information content (AvgIpc) is 3.63. The van der Waals surface area contributed by atoms with E-state index < -0.39 is 24.3 Å². The number of carbonyl (C=O) groups excluding carboxylic acids is 1. The Bertz CT molecular complexity index is 1520. The molecule has 0 aliphatic carbocycles. The van der Waals surface area contributed by atoms with Gasteiger partial charge in [-0.3, -0.25) is 14.7 Å². The molecule has 1 aliphatic rings. The third-order valence-corrected chi connectivity index (χ3v) is 6.64. The number of hydrogen-bond acceptors (Lipinski definition) is 8. The summed E-state index contributed by atoms with van der Waals surface area (Å²) >= 11 is 1.68. The quantitative estimate of drug-likeness (QED) is 0.317. The first kappa shape index (κ1) is 32.9. The van der Waals surface area contributed by atoms with Gasteiger partial charge in [-0.25, -0.2) is 14.1 Å². The first-order valence-corrected chi connectivity index (χ1v) is 12.9. The Balaban J connectivity index is 0.000000303. The number of carboxylic acids is 2. The van der Waals surface area contributed by atoms with Crippen molar-refractivity contribution in [2.45, 2.75) is 18.4 Å². The summed E-state index contributed by atoms with van der Waals surface area (Å²) < 4.78 is 65.3. The van der Waals surface area contributed by atoms with Crippen molar-refractivity contribution >= 4 is 34.7 Å². The predicted molar refractivity (Wildman–Crippen MR) is 139 cm³/mol. The molecule has 1 saturated heterocycles. The minimum atomic E-state index is -5.08. The van der Waals surface area contributed by atoms with Crippen molar-refractivity contribution in [3.05, 3.63) is 70.9 Å². The van der Waals surface area contributed by atoms with Gasteiger partial charge in [0.15, 0.2) is 0 Å². The van der Waals surface area contributed by atoms with Crippen LogP contribution in [0.5, 0.6) is 0 Å². The third-order valence-electron chi connectivity index (χ3n) is 5.96. The van der Waals surface area contributed by atoms with Crippen molar-refractivity contribution in [1.82, 2.24) is 29.6 Å². The normalized spacial score (nSPS) is 15.6. The van der Waals surface area contributed by atoms with Gasteiger partial charge in [0, 0.05) is 49.4 Å². The second kappa shape index (κ2) is 13.6. The highest BCUT2D eigenvalue weighted by atomic mass is 32.1. The van der Waals surface area contributed by atoms with Crippen molar-refractivity contribution in [1.29, 1.82) is 0 Å². The summed E-state index contributed by atoms with van der Waals surface area (Å²) in [5, 5.41) is 27.3. The number of rotatable bonds is 3. The van der Waals surface area contributed by atoms with Gasteiger partial charge in [0.2, 0.25) is 0 Å². The molecule has 0 radical (unpaired) electrons. The molecule has 1 fully saturated rings. The zero-order chi connectivity index (χ0) is 31.9. The van der Waals surface area contributed by atoms with E-state index in [-0.39, 0.29) is 11.9 Å². The number of pyridine rings is 2. The van der Waals surface area contributed by atoms with Gasteiger partial charge >= 0.3 is 24.3 Å². The van der Waals surface area contributed by atoms with Gasteiger partial charge in [0.1, 0.15) is 5.69 Å². The first-order chi connectivity index (χ1) is 20.1. The zero-order valence-corrected chi connectivity index (χ0v) is 22.8. The fourth-order valence-corrected chi connectivity index (χ4v) is 4.45. The van der Waals surface area contributed by atoms with Gasteiger partial charge in [-0.15, -0.1) is 5.10 Å². The first-order valence-electron chi connectivity index (χ1n) is 12.0. The fraction of sp³-hybridized carbons (Fsp3) is 0.280. The van der Waals surface area contributed by atoms with Crippen LogP contribution < -0.4 is 0 Å². The van der Waals surface area contributed by atoms with E-state index >= 15 is 0 Å². The maximum Gasteiger partial charge on any atom is 0.490 e. The van der Waals surface area contributed by atoms with Crippen molar-refractivity contribution < 1.29 is 50.9 Å². The second-order valence-electron chi connectivity index (χ2n) is 8.82. The number of thiophene rings is 1. The van der Waals surface area contributed by atoms with E-state index in [0.717, 1.165) is 23.3 Å². The molecule has 1 aliphatic heterocycles. The minimum absolute atomic E-state index is 0.000894. The number of hydrogen-bond donors (Lipinski definition) is 2. The molecule has 0 aromatic carbocycles. The van der Waals surface area contributed by atoms with Crippen LogP contribution in [0.15, 0.2) is 59.7 Å². The Hall–Kier alpha value is -4.58. The van der Waals surface area contributed by atoms with Crippen molar-refractivity contribution in [2.24, 2.45) is 0 Å². The fourth-order valence-electron chi connectivity index (χ4n) is 3.78. The van der Waals surface area contributed by atoms with Gasteiger partial charge in [0.05, 0.1) is 11.6 Å². The Kier molecular flexibility index (Phi) is 10.4. The van der Waals surface area contributed by atoms with Gasteiger partial charge in [-0.2, -0.15) is 37.7 Å². The third kappa shape index (κ3) is 8.71. The number of carbonyl (C=O) groups is 3. The van der Waals surface area contributed by atoms with Crippen LogP contribution in [0.2, 0.25) is 0 Å². The van der Waals surface area contributed by atoms with Crippen LogP contribution in [-0.4, -0.2) is 96.7 Å². The Morgan fingerprint density at radius 3 is 2.05 bits per heavy atom. The lowest BCUT2D eigenvalue weighted by molar-refractivity contribution is -0.193. The Morgan fingerprint density at radius 1 is 0.907 bits per heavy atom. The number of amides is 1. The molecule has 0 spiro atoms. The molecule has 1 amide bonds. The van der Waals surface area contributed by atoms with Gasteiger partial charge < -0.3 is 15.1 Å². The molecule has 4 aromatic rings. The summed E-state index contributed by atoms with van der Waals surface area (Å²) in [6, 6.07) is 9.79. The van der Waals surface area contributed by atoms with E-state index in [4.69, 9.17) is 19.8 Å². The molecule has 2 N–H and O–H groups in total. The van der Waals surface area contributed by atoms with Gasteiger partial charge in [-0.05, 0) is 47.6 Å². The standard InChI is InChI=1S/C21H20N6OS.2C2HF3O2/c1-25-9-10-26(21(28)15-4-7-22-8-5-15)13-19(25)20-18-3-2-16(12-27(18)24-23-20)17-6-11-29-14-17;2*3-2(4,5)1(6)7/h2-8,11-12,14,19H,9-10,13H2,1H3;2*(H,6,7).